The zero-order chi connectivity index (χ0) is 19.1. The fourth-order valence-electron chi connectivity index (χ4n) is 3.02. The number of hydrogen-bond acceptors (Lipinski definition) is 3. The van der Waals surface area contributed by atoms with Gasteiger partial charge in [0.1, 0.15) is 5.75 Å². The molecule has 0 unspecified atom stereocenters. The summed E-state index contributed by atoms with van der Waals surface area (Å²) in [6.45, 7) is 2.63. The minimum absolute atomic E-state index is 0.0655. The third kappa shape index (κ3) is 5.73. The standard InChI is InChI=1S/C21H23ClN2O3/c22-18-8-6-17(7-9-18)16-21(26)24-13-11-23(12-14-24)20(25)10-15-27-19-4-2-1-3-5-19/h1-9H,10-16H2. The maximum Gasteiger partial charge on any atom is 0.227 e. The van der Waals surface area contributed by atoms with Crippen LogP contribution in [0.3, 0.4) is 0 Å². The number of halogens is 1. The maximum absolute atomic E-state index is 12.4. The quantitative estimate of drug-likeness (QED) is 0.766. The first-order valence-corrected chi connectivity index (χ1v) is 9.47. The van der Waals surface area contributed by atoms with Crippen molar-refractivity contribution >= 4 is 23.4 Å². The number of ether oxygens (including phenoxy) is 1. The van der Waals surface area contributed by atoms with E-state index in [4.69, 9.17) is 16.3 Å². The van der Waals surface area contributed by atoms with Crippen LogP contribution in [0.4, 0.5) is 0 Å². The molecule has 0 aromatic heterocycles. The molecule has 0 aliphatic carbocycles. The molecule has 2 aromatic carbocycles. The fraction of sp³-hybridized carbons (Fsp3) is 0.333. The highest BCUT2D eigenvalue weighted by molar-refractivity contribution is 6.30. The van der Waals surface area contributed by atoms with Gasteiger partial charge in [-0.05, 0) is 29.8 Å². The fourth-order valence-corrected chi connectivity index (χ4v) is 3.15. The van der Waals surface area contributed by atoms with E-state index < -0.39 is 0 Å². The largest absolute Gasteiger partial charge is 0.493 e. The van der Waals surface area contributed by atoms with Gasteiger partial charge >= 0.3 is 0 Å². The molecule has 0 spiro atoms. The molecule has 27 heavy (non-hydrogen) atoms. The zero-order valence-corrected chi connectivity index (χ0v) is 15.9. The molecule has 0 atom stereocenters. The van der Waals surface area contributed by atoms with Gasteiger partial charge < -0.3 is 14.5 Å². The smallest absolute Gasteiger partial charge is 0.227 e. The SMILES string of the molecule is O=C(CCOc1ccccc1)N1CCN(C(=O)Cc2ccc(Cl)cc2)CC1. The number of amides is 2. The van der Waals surface area contributed by atoms with E-state index in [1.165, 1.54) is 0 Å². The van der Waals surface area contributed by atoms with E-state index in [2.05, 4.69) is 0 Å². The predicted octanol–water partition coefficient (Wildman–Crippen LogP) is 3.02. The molecule has 1 fully saturated rings. The van der Waals surface area contributed by atoms with E-state index in [-0.39, 0.29) is 11.8 Å². The van der Waals surface area contributed by atoms with Crippen LogP contribution in [0.15, 0.2) is 54.6 Å². The van der Waals surface area contributed by atoms with Gasteiger partial charge in [0, 0.05) is 31.2 Å². The van der Waals surface area contributed by atoms with E-state index in [1.54, 1.807) is 17.0 Å². The molecule has 0 bridgehead atoms. The molecule has 1 saturated heterocycles. The highest BCUT2D eigenvalue weighted by Crippen LogP contribution is 2.13. The Bertz CT molecular complexity index is 757. The lowest BCUT2D eigenvalue weighted by Gasteiger charge is -2.35. The number of nitrogens with zero attached hydrogens (tertiary/aromatic N) is 2. The number of piperazine rings is 1. The lowest BCUT2D eigenvalue weighted by Crippen LogP contribution is -2.51. The van der Waals surface area contributed by atoms with Crippen LogP contribution in [-0.2, 0) is 16.0 Å². The van der Waals surface area contributed by atoms with Gasteiger partial charge in [-0.15, -0.1) is 0 Å². The third-order valence-electron chi connectivity index (χ3n) is 4.58. The Morgan fingerprint density at radius 1 is 0.852 bits per heavy atom. The van der Waals surface area contributed by atoms with Gasteiger partial charge in [0.05, 0.1) is 19.4 Å². The van der Waals surface area contributed by atoms with Crippen LogP contribution in [-0.4, -0.2) is 54.4 Å². The molecular formula is C21H23ClN2O3. The Balaban J connectivity index is 1.39. The van der Waals surface area contributed by atoms with E-state index in [0.29, 0.717) is 50.7 Å². The topological polar surface area (TPSA) is 49.9 Å². The van der Waals surface area contributed by atoms with Crippen molar-refractivity contribution in [2.45, 2.75) is 12.8 Å². The monoisotopic (exact) mass is 386 g/mol. The van der Waals surface area contributed by atoms with Gasteiger partial charge in [0.25, 0.3) is 0 Å². The number of para-hydroxylation sites is 1. The van der Waals surface area contributed by atoms with Gasteiger partial charge in [0.2, 0.25) is 11.8 Å². The molecule has 2 aromatic rings. The summed E-state index contributed by atoms with van der Waals surface area (Å²) < 4.78 is 5.58. The van der Waals surface area contributed by atoms with Gasteiger partial charge in [-0.2, -0.15) is 0 Å². The summed E-state index contributed by atoms with van der Waals surface area (Å²) in [4.78, 5) is 28.4. The molecule has 2 amide bonds. The van der Waals surface area contributed by atoms with Gasteiger partial charge in [-0.25, -0.2) is 0 Å². The normalized spacial score (nSPS) is 14.1. The van der Waals surface area contributed by atoms with E-state index in [9.17, 15) is 9.59 Å². The number of carbonyl (C=O) groups is 2. The molecule has 1 heterocycles. The lowest BCUT2D eigenvalue weighted by atomic mass is 10.1. The number of hydrogen-bond donors (Lipinski definition) is 0. The first-order valence-electron chi connectivity index (χ1n) is 9.09. The van der Waals surface area contributed by atoms with E-state index >= 15 is 0 Å². The van der Waals surface area contributed by atoms with Crippen molar-refractivity contribution in [3.05, 3.63) is 65.2 Å². The molecule has 6 heteroatoms. The average Bonchev–Trinajstić information content (AvgIpc) is 2.70. The van der Waals surface area contributed by atoms with Crippen LogP contribution in [0.2, 0.25) is 5.02 Å². The van der Waals surface area contributed by atoms with Crippen LogP contribution < -0.4 is 4.74 Å². The summed E-state index contributed by atoms with van der Waals surface area (Å²) in [6, 6.07) is 16.8. The summed E-state index contributed by atoms with van der Waals surface area (Å²) >= 11 is 5.87. The third-order valence-corrected chi connectivity index (χ3v) is 4.83. The Labute approximate surface area is 164 Å². The molecular weight excluding hydrogens is 364 g/mol. The van der Waals surface area contributed by atoms with Gasteiger partial charge in [0.15, 0.2) is 0 Å². The van der Waals surface area contributed by atoms with E-state index in [0.717, 1.165) is 11.3 Å². The minimum atomic E-state index is 0.0655. The first kappa shape index (κ1) is 19.2. The van der Waals surface area contributed by atoms with Crippen LogP contribution in [0.5, 0.6) is 5.75 Å². The summed E-state index contributed by atoms with van der Waals surface area (Å²) in [7, 11) is 0. The lowest BCUT2D eigenvalue weighted by molar-refractivity contribution is -0.139. The van der Waals surface area contributed by atoms with Crippen molar-refractivity contribution in [1.82, 2.24) is 9.80 Å². The Morgan fingerprint density at radius 3 is 2.07 bits per heavy atom. The second-order valence-electron chi connectivity index (χ2n) is 6.48. The van der Waals surface area contributed by atoms with Gasteiger partial charge in [-0.3, -0.25) is 9.59 Å². The van der Waals surface area contributed by atoms with Crippen molar-refractivity contribution in [2.24, 2.45) is 0 Å². The van der Waals surface area contributed by atoms with Crippen LogP contribution in [0, 0.1) is 0 Å². The Kier molecular flexibility index (Phi) is 6.71. The average molecular weight is 387 g/mol. The molecule has 0 N–H and O–H groups in total. The number of carbonyl (C=O) groups excluding carboxylic acids is 2. The molecule has 142 valence electrons. The number of benzene rings is 2. The summed E-state index contributed by atoms with van der Waals surface area (Å²) in [5.74, 6) is 0.912. The van der Waals surface area contributed by atoms with Crippen molar-refractivity contribution in [3.8, 4) is 5.75 Å². The first-order chi connectivity index (χ1) is 13.1. The molecule has 0 saturated carbocycles. The van der Waals surface area contributed by atoms with Gasteiger partial charge in [-0.1, -0.05) is 41.9 Å². The summed E-state index contributed by atoms with van der Waals surface area (Å²) in [6.07, 6.45) is 0.698. The van der Waals surface area contributed by atoms with Crippen LogP contribution >= 0.6 is 11.6 Å². The molecule has 0 radical (unpaired) electrons. The molecule has 5 nitrogen and oxygen atoms in total. The highest BCUT2D eigenvalue weighted by Gasteiger charge is 2.23. The van der Waals surface area contributed by atoms with Crippen LogP contribution in [0.1, 0.15) is 12.0 Å². The molecule has 3 rings (SSSR count). The minimum Gasteiger partial charge on any atom is -0.493 e. The molecule has 1 aliphatic heterocycles. The summed E-state index contributed by atoms with van der Waals surface area (Å²) in [5.41, 5.74) is 0.945. The second kappa shape index (κ2) is 9.42. The van der Waals surface area contributed by atoms with Crippen molar-refractivity contribution in [3.63, 3.8) is 0 Å². The summed E-state index contributed by atoms with van der Waals surface area (Å²) in [5, 5.41) is 0.662. The Morgan fingerprint density at radius 2 is 1.44 bits per heavy atom. The molecule has 1 aliphatic rings. The Hall–Kier alpha value is -2.53. The second-order valence-corrected chi connectivity index (χ2v) is 6.91. The number of rotatable bonds is 6. The maximum atomic E-state index is 12.4. The van der Waals surface area contributed by atoms with Crippen molar-refractivity contribution < 1.29 is 14.3 Å². The van der Waals surface area contributed by atoms with Crippen LogP contribution in [0.25, 0.3) is 0 Å². The van der Waals surface area contributed by atoms with Crippen molar-refractivity contribution in [1.29, 1.82) is 0 Å². The van der Waals surface area contributed by atoms with E-state index in [1.807, 2.05) is 47.4 Å². The zero-order valence-electron chi connectivity index (χ0n) is 15.1. The predicted molar refractivity (Wildman–Crippen MR) is 105 cm³/mol. The highest BCUT2D eigenvalue weighted by atomic mass is 35.5. The van der Waals surface area contributed by atoms with Crippen molar-refractivity contribution in [2.75, 3.05) is 32.8 Å².